The Balaban J connectivity index is 2.15. The number of likely N-dealkylation sites (N-methyl/N-ethyl adjacent to an activating group) is 1. The lowest BCUT2D eigenvalue weighted by atomic mass is 10.1. The third-order valence-corrected chi connectivity index (χ3v) is 3.35. The average Bonchev–Trinajstić information content (AvgIpc) is 2.81. The quantitative estimate of drug-likeness (QED) is 0.620. The second kappa shape index (κ2) is 8.86. The summed E-state index contributed by atoms with van der Waals surface area (Å²) in [6.07, 6.45) is 4.93. The van der Waals surface area contributed by atoms with E-state index in [9.17, 15) is 0 Å². The smallest absolute Gasteiger partial charge is 0.0702 e. The monoisotopic (exact) mass is 244 g/mol. The third-order valence-electron chi connectivity index (χ3n) is 3.35. The van der Waals surface area contributed by atoms with Crippen LogP contribution in [0.1, 0.15) is 32.6 Å². The van der Waals surface area contributed by atoms with E-state index in [1.54, 1.807) is 7.11 Å². The van der Waals surface area contributed by atoms with Crippen LogP contribution < -0.4 is 5.73 Å². The molecule has 0 bridgehead atoms. The molecule has 0 radical (unpaired) electrons. The number of nitrogens with zero attached hydrogens (tertiary/aromatic N) is 1. The van der Waals surface area contributed by atoms with E-state index < -0.39 is 0 Å². The van der Waals surface area contributed by atoms with Crippen molar-refractivity contribution in [1.29, 1.82) is 0 Å². The van der Waals surface area contributed by atoms with Crippen LogP contribution in [-0.4, -0.2) is 57.0 Å². The molecule has 2 atom stereocenters. The van der Waals surface area contributed by atoms with E-state index in [0.717, 1.165) is 45.7 Å². The summed E-state index contributed by atoms with van der Waals surface area (Å²) >= 11 is 0. The van der Waals surface area contributed by atoms with Gasteiger partial charge in [0.2, 0.25) is 0 Å². The molecule has 17 heavy (non-hydrogen) atoms. The normalized spacial score (nSPS) is 22.2. The van der Waals surface area contributed by atoms with Crippen molar-refractivity contribution in [3.05, 3.63) is 0 Å². The first-order chi connectivity index (χ1) is 8.26. The summed E-state index contributed by atoms with van der Waals surface area (Å²) in [6.45, 7) is 7.00. The van der Waals surface area contributed by atoms with Crippen LogP contribution in [0.15, 0.2) is 0 Å². The van der Waals surface area contributed by atoms with Gasteiger partial charge in [0, 0.05) is 39.5 Å². The Kier molecular flexibility index (Phi) is 7.77. The summed E-state index contributed by atoms with van der Waals surface area (Å²) in [6, 6.07) is 0.256. The largest absolute Gasteiger partial charge is 0.385 e. The molecule has 0 aromatic heterocycles. The van der Waals surface area contributed by atoms with Gasteiger partial charge < -0.3 is 15.2 Å². The second-order valence-electron chi connectivity index (χ2n) is 4.88. The van der Waals surface area contributed by atoms with Crippen LogP contribution in [0.25, 0.3) is 0 Å². The summed E-state index contributed by atoms with van der Waals surface area (Å²) in [7, 11) is 1.74. The number of hydrogen-bond donors (Lipinski definition) is 1. The Labute approximate surface area is 105 Å². The van der Waals surface area contributed by atoms with E-state index in [-0.39, 0.29) is 6.04 Å². The van der Waals surface area contributed by atoms with Gasteiger partial charge in [-0.3, -0.25) is 4.90 Å². The highest BCUT2D eigenvalue weighted by atomic mass is 16.5. The molecule has 1 aliphatic rings. The first kappa shape index (κ1) is 14.9. The fraction of sp³-hybridized carbons (Fsp3) is 1.00. The Morgan fingerprint density at radius 1 is 1.53 bits per heavy atom. The van der Waals surface area contributed by atoms with E-state index in [4.69, 9.17) is 15.2 Å². The van der Waals surface area contributed by atoms with Crippen molar-refractivity contribution in [3.63, 3.8) is 0 Å². The van der Waals surface area contributed by atoms with E-state index in [2.05, 4.69) is 11.8 Å². The van der Waals surface area contributed by atoms with Gasteiger partial charge in [-0.1, -0.05) is 6.92 Å². The van der Waals surface area contributed by atoms with E-state index in [1.165, 1.54) is 12.8 Å². The molecule has 0 saturated carbocycles. The SMILES string of the molecule is CCN(CC(N)CCCOC)CC1CCCO1. The molecule has 1 rings (SSSR count). The lowest BCUT2D eigenvalue weighted by Gasteiger charge is -2.26. The van der Waals surface area contributed by atoms with Crippen LogP contribution in [0.5, 0.6) is 0 Å². The molecule has 1 heterocycles. The van der Waals surface area contributed by atoms with Crippen molar-refractivity contribution in [2.75, 3.05) is 40.0 Å². The number of rotatable bonds is 9. The van der Waals surface area contributed by atoms with Crippen molar-refractivity contribution >= 4 is 0 Å². The molecule has 1 saturated heterocycles. The average molecular weight is 244 g/mol. The molecule has 2 unspecified atom stereocenters. The fourth-order valence-corrected chi connectivity index (χ4v) is 2.32. The fourth-order valence-electron chi connectivity index (χ4n) is 2.32. The lowest BCUT2D eigenvalue weighted by molar-refractivity contribution is 0.0722. The summed E-state index contributed by atoms with van der Waals surface area (Å²) in [5, 5.41) is 0. The van der Waals surface area contributed by atoms with Crippen LogP contribution in [0.2, 0.25) is 0 Å². The van der Waals surface area contributed by atoms with Gasteiger partial charge in [0.15, 0.2) is 0 Å². The van der Waals surface area contributed by atoms with Crippen LogP contribution in [0, 0.1) is 0 Å². The lowest BCUT2D eigenvalue weighted by Crippen LogP contribution is -2.41. The standard InChI is InChI=1S/C13H28N2O2/c1-3-15(11-13-7-5-9-17-13)10-12(14)6-4-8-16-2/h12-13H,3-11,14H2,1-2H3. The van der Waals surface area contributed by atoms with Gasteiger partial charge in [-0.15, -0.1) is 0 Å². The van der Waals surface area contributed by atoms with Crippen LogP contribution in [0.4, 0.5) is 0 Å². The summed E-state index contributed by atoms with van der Waals surface area (Å²) in [5.41, 5.74) is 6.13. The minimum atomic E-state index is 0.256. The van der Waals surface area contributed by atoms with E-state index >= 15 is 0 Å². The highest BCUT2D eigenvalue weighted by Crippen LogP contribution is 2.13. The summed E-state index contributed by atoms with van der Waals surface area (Å²) < 4.78 is 10.7. The maximum atomic E-state index is 6.13. The van der Waals surface area contributed by atoms with Gasteiger partial charge in [0.05, 0.1) is 6.10 Å². The minimum absolute atomic E-state index is 0.256. The Hall–Kier alpha value is -0.160. The van der Waals surface area contributed by atoms with Gasteiger partial charge >= 0.3 is 0 Å². The molecule has 0 aromatic carbocycles. The molecule has 1 fully saturated rings. The maximum absolute atomic E-state index is 6.13. The van der Waals surface area contributed by atoms with E-state index in [0.29, 0.717) is 6.10 Å². The molecule has 4 nitrogen and oxygen atoms in total. The Morgan fingerprint density at radius 2 is 2.35 bits per heavy atom. The highest BCUT2D eigenvalue weighted by molar-refractivity contribution is 4.73. The number of hydrogen-bond acceptors (Lipinski definition) is 4. The van der Waals surface area contributed by atoms with Gasteiger partial charge in [0.25, 0.3) is 0 Å². The Morgan fingerprint density at radius 3 is 2.94 bits per heavy atom. The zero-order chi connectivity index (χ0) is 12.5. The molecule has 0 amide bonds. The predicted molar refractivity (Wildman–Crippen MR) is 70.2 cm³/mol. The molecule has 0 aromatic rings. The van der Waals surface area contributed by atoms with Crippen LogP contribution >= 0.6 is 0 Å². The van der Waals surface area contributed by atoms with Crippen molar-refractivity contribution < 1.29 is 9.47 Å². The molecular weight excluding hydrogens is 216 g/mol. The van der Waals surface area contributed by atoms with Crippen molar-refractivity contribution in [2.45, 2.75) is 44.8 Å². The minimum Gasteiger partial charge on any atom is -0.385 e. The van der Waals surface area contributed by atoms with Crippen molar-refractivity contribution in [3.8, 4) is 0 Å². The highest BCUT2D eigenvalue weighted by Gasteiger charge is 2.19. The number of ether oxygens (including phenoxy) is 2. The summed E-state index contributed by atoms with van der Waals surface area (Å²) in [4.78, 5) is 2.41. The Bertz CT molecular complexity index is 184. The molecule has 4 heteroatoms. The first-order valence-corrected chi connectivity index (χ1v) is 6.84. The second-order valence-corrected chi connectivity index (χ2v) is 4.88. The van der Waals surface area contributed by atoms with Crippen LogP contribution in [-0.2, 0) is 9.47 Å². The van der Waals surface area contributed by atoms with Gasteiger partial charge in [-0.2, -0.15) is 0 Å². The zero-order valence-corrected chi connectivity index (χ0v) is 11.4. The molecule has 0 spiro atoms. The number of methoxy groups -OCH3 is 1. The molecule has 1 aliphatic heterocycles. The number of nitrogens with two attached hydrogens (primary N) is 1. The van der Waals surface area contributed by atoms with Crippen molar-refractivity contribution in [1.82, 2.24) is 4.90 Å². The van der Waals surface area contributed by atoms with Gasteiger partial charge in [-0.05, 0) is 32.2 Å². The zero-order valence-electron chi connectivity index (χ0n) is 11.4. The van der Waals surface area contributed by atoms with Crippen molar-refractivity contribution in [2.24, 2.45) is 5.73 Å². The molecular formula is C13H28N2O2. The maximum Gasteiger partial charge on any atom is 0.0702 e. The molecule has 0 aliphatic carbocycles. The third kappa shape index (κ3) is 6.36. The molecule has 2 N–H and O–H groups in total. The van der Waals surface area contributed by atoms with Gasteiger partial charge in [-0.25, -0.2) is 0 Å². The van der Waals surface area contributed by atoms with E-state index in [1.807, 2.05) is 0 Å². The first-order valence-electron chi connectivity index (χ1n) is 6.84. The van der Waals surface area contributed by atoms with Crippen LogP contribution in [0.3, 0.4) is 0 Å². The topological polar surface area (TPSA) is 47.7 Å². The molecule has 102 valence electrons. The van der Waals surface area contributed by atoms with Gasteiger partial charge in [0.1, 0.15) is 0 Å². The summed E-state index contributed by atoms with van der Waals surface area (Å²) in [5.74, 6) is 0. The predicted octanol–water partition coefficient (Wildman–Crippen LogP) is 1.24.